The van der Waals surface area contributed by atoms with Crippen molar-refractivity contribution in [3.8, 4) is 45.3 Å². The Morgan fingerprint density at radius 2 is 1.89 bits per heavy atom. The Kier molecular flexibility index (Phi) is 10.4. The van der Waals surface area contributed by atoms with E-state index in [1.807, 2.05) is 49.4 Å². The van der Waals surface area contributed by atoms with E-state index in [1.165, 1.54) is 5.56 Å². The van der Waals surface area contributed by atoms with E-state index in [-0.39, 0.29) is 12.2 Å². The molecule has 0 spiro atoms. The van der Waals surface area contributed by atoms with Gasteiger partial charge >= 0.3 is 0 Å². The van der Waals surface area contributed by atoms with Crippen LogP contribution in [0.25, 0.3) is 33.6 Å². The molecule has 2 aliphatic rings. The van der Waals surface area contributed by atoms with E-state index in [1.54, 1.807) is 20.4 Å². The fraction of sp³-hybridized carbons (Fsp3) is 0.389. The SMILES string of the molecule is COc1cc(-c2nccc(-c3cccc(-c4ccc(CNC[C@H]5CCCO5)c(OC)n4)c3Cl)c2Cl)cc2c1CN(C[C@@H](C)O)CC2. The standard InChI is InChI=1S/C36H40Cl2N4O4/c1-22(43)20-42-14-12-23-16-25(17-32(44-2)30(23)21-42)35-34(38)28(11-13-40-35)27-7-4-8-29(33(27)37)31-10-9-24(36(41-31)45-3)18-39-19-26-6-5-15-46-26/h4,7-11,13,16-17,22,26,39,43H,5-6,12,14-15,18-21H2,1-3H3/t22-,26-/m1/s1. The molecule has 2 aromatic heterocycles. The molecule has 2 N–H and O–H groups in total. The molecule has 0 radical (unpaired) electrons. The lowest BCUT2D eigenvalue weighted by Gasteiger charge is -2.31. The number of hydrogen-bond acceptors (Lipinski definition) is 8. The van der Waals surface area contributed by atoms with Crippen LogP contribution in [0, 0.1) is 0 Å². The highest BCUT2D eigenvalue weighted by Gasteiger charge is 2.24. The number of methoxy groups -OCH3 is 2. The molecule has 242 valence electrons. The molecule has 0 unspecified atom stereocenters. The molecule has 2 atom stereocenters. The molecular formula is C36H40Cl2N4O4. The first-order valence-electron chi connectivity index (χ1n) is 15.8. The van der Waals surface area contributed by atoms with Crippen LogP contribution in [-0.4, -0.2) is 72.6 Å². The molecule has 4 heterocycles. The minimum atomic E-state index is -0.385. The molecule has 2 aliphatic heterocycles. The quantitative estimate of drug-likeness (QED) is 0.181. The minimum absolute atomic E-state index is 0.266. The molecule has 6 rings (SSSR count). The van der Waals surface area contributed by atoms with E-state index < -0.39 is 0 Å². The van der Waals surface area contributed by atoms with Crippen LogP contribution in [0.2, 0.25) is 10.0 Å². The van der Waals surface area contributed by atoms with Crippen LogP contribution < -0.4 is 14.8 Å². The predicted molar refractivity (Wildman–Crippen MR) is 183 cm³/mol. The maximum absolute atomic E-state index is 9.90. The van der Waals surface area contributed by atoms with Crippen molar-refractivity contribution in [3.05, 3.63) is 81.5 Å². The van der Waals surface area contributed by atoms with Gasteiger partial charge in [0, 0.05) is 78.9 Å². The Bertz CT molecular complexity index is 1680. The number of fused-ring (bicyclic) bond motifs is 1. The van der Waals surface area contributed by atoms with Crippen molar-refractivity contribution in [1.29, 1.82) is 0 Å². The Hall–Kier alpha value is -3.24. The lowest BCUT2D eigenvalue weighted by Crippen LogP contribution is -2.35. The first-order valence-corrected chi connectivity index (χ1v) is 16.5. The van der Waals surface area contributed by atoms with Gasteiger partial charge in [-0.2, -0.15) is 0 Å². The Morgan fingerprint density at radius 3 is 2.65 bits per heavy atom. The van der Waals surface area contributed by atoms with Gasteiger partial charge in [0.25, 0.3) is 0 Å². The molecule has 0 bridgehead atoms. The fourth-order valence-corrected chi connectivity index (χ4v) is 7.08. The Balaban J connectivity index is 1.28. The maximum atomic E-state index is 9.90. The highest BCUT2D eigenvalue weighted by atomic mass is 35.5. The molecule has 4 aromatic rings. The number of aromatic nitrogens is 2. The van der Waals surface area contributed by atoms with Gasteiger partial charge in [-0.25, -0.2) is 4.98 Å². The summed E-state index contributed by atoms with van der Waals surface area (Å²) in [5.41, 5.74) is 7.90. The second-order valence-corrected chi connectivity index (χ2v) is 12.7. The number of benzene rings is 2. The van der Waals surface area contributed by atoms with Crippen LogP contribution in [0.1, 0.15) is 36.5 Å². The number of pyridine rings is 2. The summed E-state index contributed by atoms with van der Waals surface area (Å²) in [5.74, 6) is 1.34. The van der Waals surface area contributed by atoms with Crippen LogP contribution in [0.5, 0.6) is 11.6 Å². The van der Waals surface area contributed by atoms with Crippen LogP contribution in [0.3, 0.4) is 0 Å². The monoisotopic (exact) mass is 662 g/mol. The number of ether oxygens (including phenoxy) is 3. The smallest absolute Gasteiger partial charge is 0.218 e. The molecule has 2 aromatic carbocycles. The zero-order valence-electron chi connectivity index (χ0n) is 26.5. The summed E-state index contributed by atoms with van der Waals surface area (Å²) in [6.45, 7) is 6.29. The van der Waals surface area contributed by atoms with Crippen molar-refractivity contribution < 1.29 is 19.3 Å². The van der Waals surface area contributed by atoms with Crippen LogP contribution in [-0.2, 0) is 24.2 Å². The summed E-state index contributed by atoms with van der Waals surface area (Å²) in [7, 11) is 3.31. The summed E-state index contributed by atoms with van der Waals surface area (Å²) in [5, 5.41) is 14.4. The van der Waals surface area contributed by atoms with E-state index in [4.69, 9.17) is 42.4 Å². The van der Waals surface area contributed by atoms with Gasteiger partial charge in [-0.1, -0.05) is 47.5 Å². The number of aliphatic hydroxyl groups excluding tert-OH is 1. The third-order valence-corrected chi connectivity index (χ3v) is 9.48. The Labute approximate surface area is 280 Å². The van der Waals surface area contributed by atoms with Gasteiger partial charge in [-0.3, -0.25) is 9.88 Å². The molecule has 1 fully saturated rings. The Morgan fingerprint density at radius 1 is 1.07 bits per heavy atom. The predicted octanol–water partition coefficient (Wildman–Crippen LogP) is 6.81. The lowest BCUT2D eigenvalue weighted by atomic mass is 9.93. The van der Waals surface area contributed by atoms with Gasteiger partial charge in [0.1, 0.15) is 5.75 Å². The molecule has 8 nitrogen and oxygen atoms in total. The number of aliphatic hydroxyl groups is 1. The van der Waals surface area contributed by atoms with Crippen molar-refractivity contribution in [2.24, 2.45) is 0 Å². The van der Waals surface area contributed by atoms with Crippen molar-refractivity contribution >= 4 is 23.2 Å². The molecule has 1 saturated heterocycles. The van der Waals surface area contributed by atoms with Crippen molar-refractivity contribution in [3.63, 3.8) is 0 Å². The lowest BCUT2D eigenvalue weighted by molar-refractivity contribution is 0.110. The van der Waals surface area contributed by atoms with E-state index >= 15 is 0 Å². The maximum Gasteiger partial charge on any atom is 0.218 e. The summed E-state index contributed by atoms with van der Waals surface area (Å²) < 4.78 is 17.2. The highest BCUT2D eigenvalue weighted by Crippen LogP contribution is 2.43. The molecule has 0 aliphatic carbocycles. The first-order chi connectivity index (χ1) is 22.4. The highest BCUT2D eigenvalue weighted by molar-refractivity contribution is 6.39. The number of hydrogen-bond donors (Lipinski definition) is 2. The van der Waals surface area contributed by atoms with E-state index in [2.05, 4.69) is 21.3 Å². The second-order valence-electron chi connectivity index (χ2n) is 12.0. The number of halogens is 2. The van der Waals surface area contributed by atoms with Gasteiger partial charge in [0.15, 0.2) is 0 Å². The minimum Gasteiger partial charge on any atom is -0.496 e. The summed E-state index contributed by atoms with van der Waals surface area (Å²) in [6, 6.07) is 15.9. The van der Waals surface area contributed by atoms with Gasteiger partial charge in [0.2, 0.25) is 5.88 Å². The van der Waals surface area contributed by atoms with Crippen LogP contribution in [0.15, 0.2) is 54.7 Å². The van der Waals surface area contributed by atoms with E-state index in [9.17, 15) is 5.11 Å². The topological polar surface area (TPSA) is 89.0 Å². The zero-order chi connectivity index (χ0) is 32.2. The van der Waals surface area contributed by atoms with Crippen LogP contribution >= 0.6 is 23.2 Å². The summed E-state index contributed by atoms with van der Waals surface area (Å²) in [6.07, 6.45) is 4.69. The van der Waals surface area contributed by atoms with Crippen molar-refractivity contribution in [2.45, 2.75) is 51.5 Å². The molecule has 0 amide bonds. The van der Waals surface area contributed by atoms with Gasteiger partial charge in [0.05, 0.1) is 47.9 Å². The van der Waals surface area contributed by atoms with E-state index in [0.29, 0.717) is 40.4 Å². The number of β-amino-alcohol motifs (C(OH)–C–C–N with tert-alkyl or cyclic N) is 1. The second kappa shape index (κ2) is 14.7. The fourth-order valence-electron chi connectivity index (χ4n) is 6.43. The van der Waals surface area contributed by atoms with E-state index in [0.717, 1.165) is 84.6 Å². The van der Waals surface area contributed by atoms with Gasteiger partial charge in [-0.15, -0.1) is 0 Å². The van der Waals surface area contributed by atoms with Gasteiger partial charge < -0.3 is 24.6 Å². The third kappa shape index (κ3) is 7.03. The average Bonchev–Trinajstić information content (AvgIpc) is 3.58. The largest absolute Gasteiger partial charge is 0.496 e. The van der Waals surface area contributed by atoms with Crippen molar-refractivity contribution in [2.75, 3.05) is 40.5 Å². The van der Waals surface area contributed by atoms with Gasteiger partial charge in [-0.05, 0) is 56.0 Å². The molecule has 46 heavy (non-hydrogen) atoms. The summed E-state index contributed by atoms with van der Waals surface area (Å²) >= 11 is 14.2. The molecule has 0 saturated carbocycles. The molecular weight excluding hydrogens is 623 g/mol. The normalized spacial score (nSPS) is 17.1. The summed E-state index contributed by atoms with van der Waals surface area (Å²) in [4.78, 5) is 11.8. The van der Waals surface area contributed by atoms with Crippen molar-refractivity contribution in [1.82, 2.24) is 20.2 Å². The van der Waals surface area contributed by atoms with Crippen LogP contribution in [0.4, 0.5) is 0 Å². The number of nitrogens with one attached hydrogen (secondary N) is 1. The zero-order valence-corrected chi connectivity index (χ0v) is 28.0. The average molecular weight is 664 g/mol. The number of rotatable bonds is 11. The number of nitrogens with zero attached hydrogens (tertiary/aromatic N) is 3. The molecule has 10 heteroatoms. The first kappa shape index (κ1) is 32.7. The third-order valence-electron chi connectivity index (χ3n) is 8.69.